The van der Waals surface area contributed by atoms with Crippen LogP contribution in [0.5, 0.6) is 0 Å². The largest absolute Gasteiger partial charge is 0.370 e. The van der Waals surface area contributed by atoms with E-state index in [4.69, 9.17) is 15.2 Å². The van der Waals surface area contributed by atoms with Crippen molar-refractivity contribution < 1.29 is 14.1 Å². The molecule has 0 spiro atoms. The molecule has 0 saturated carbocycles. The standard InChI is InChI=1S/C27H29N5O4/c1-4-21(31(15-14-22(28)33)26(34)20-13-9-8-10-17(20)2)24-29-25-23(18(3)30-36-25)27(35)32(24)16-19-11-6-5-7-12-19/h5-13,21H,4,14-16H2,1-3H3,(H2,28,33). The lowest BCUT2D eigenvalue weighted by Crippen LogP contribution is -2.40. The summed E-state index contributed by atoms with van der Waals surface area (Å²) in [6, 6.07) is 16.2. The molecule has 0 aliphatic rings. The second-order valence-corrected chi connectivity index (χ2v) is 8.75. The van der Waals surface area contributed by atoms with Gasteiger partial charge in [0.05, 0.1) is 18.3 Å². The van der Waals surface area contributed by atoms with Crippen LogP contribution in [-0.4, -0.2) is 38.0 Å². The summed E-state index contributed by atoms with van der Waals surface area (Å²) in [5.41, 5.74) is 7.94. The summed E-state index contributed by atoms with van der Waals surface area (Å²) in [4.78, 5) is 45.5. The molecule has 4 aromatic rings. The summed E-state index contributed by atoms with van der Waals surface area (Å²) in [6.07, 6.45) is 0.414. The average molecular weight is 488 g/mol. The number of primary amides is 1. The van der Waals surface area contributed by atoms with Crippen molar-refractivity contribution in [1.82, 2.24) is 19.6 Å². The van der Waals surface area contributed by atoms with Gasteiger partial charge in [0.2, 0.25) is 5.91 Å². The van der Waals surface area contributed by atoms with E-state index in [1.165, 1.54) is 0 Å². The Labute approximate surface area is 208 Å². The highest BCUT2D eigenvalue weighted by Gasteiger charge is 2.31. The van der Waals surface area contributed by atoms with Crippen molar-refractivity contribution in [3.8, 4) is 0 Å². The molecule has 2 amide bonds. The predicted octanol–water partition coefficient (Wildman–Crippen LogP) is 3.52. The van der Waals surface area contributed by atoms with Crippen LogP contribution in [-0.2, 0) is 11.3 Å². The van der Waals surface area contributed by atoms with Crippen LogP contribution in [0.1, 0.15) is 58.8 Å². The molecule has 4 rings (SSSR count). The lowest BCUT2D eigenvalue weighted by Gasteiger charge is -2.32. The lowest BCUT2D eigenvalue weighted by molar-refractivity contribution is -0.118. The van der Waals surface area contributed by atoms with Crippen LogP contribution < -0.4 is 11.3 Å². The Bertz CT molecular complexity index is 1460. The highest BCUT2D eigenvalue weighted by atomic mass is 16.5. The first kappa shape index (κ1) is 24.8. The monoisotopic (exact) mass is 487 g/mol. The van der Waals surface area contributed by atoms with Crippen LogP contribution in [0.15, 0.2) is 63.9 Å². The summed E-state index contributed by atoms with van der Waals surface area (Å²) in [6.45, 7) is 5.78. The molecular formula is C27H29N5O4. The number of hydrogen-bond donors (Lipinski definition) is 1. The SMILES string of the molecule is CCC(c1nc2onc(C)c2c(=O)n1Cc1ccccc1)N(CCC(N)=O)C(=O)c1ccccc1C. The number of nitrogens with two attached hydrogens (primary N) is 1. The van der Waals surface area contributed by atoms with E-state index in [0.29, 0.717) is 28.9 Å². The maximum atomic E-state index is 13.8. The van der Waals surface area contributed by atoms with Gasteiger partial charge in [0, 0.05) is 18.5 Å². The van der Waals surface area contributed by atoms with Gasteiger partial charge in [0.15, 0.2) is 0 Å². The molecule has 1 atom stereocenters. The molecule has 9 nitrogen and oxygen atoms in total. The second-order valence-electron chi connectivity index (χ2n) is 8.75. The van der Waals surface area contributed by atoms with Crippen LogP contribution in [0.4, 0.5) is 0 Å². The Morgan fingerprint density at radius 2 is 1.78 bits per heavy atom. The first-order valence-corrected chi connectivity index (χ1v) is 11.9. The molecule has 0 fully saturated rings. The van der Waals surface area contributed by atoms with E-state index in [0.717, 1.165) is 11.1 Å². The molecule has 0 radical (unpaired) electrons. The molecule has 2 N–H and O–H groups in total. The number of fused-ring (bicyclic) bond motifs is 1. The Balaban J connectivity index is 1.90. The minimum Gasteiger partial charge on any atom is -0.370 e. The Morgan fingerprint density at radius 3 is 2.44 bits per heavy atom. The highest BCUT2D eigenvalue weighted by molar-refractivity contribution is 5.96. The summed E-state index contributed by atoms with van der Waals surface area (Å²) >= 11 is 0. The number of carbonyl (C=O) groups is 2. The van der Waals surface area contributed by atoms with Crippen LogP contribution >= 0.6 is 0 Å². The van der Waals surface area contributed by atoms with Gasteiger partial charge < -0.3 is 15.2 Å². The summed E-state index contributed by atoms with van der Waals surface area (Å²) in [5, 5.41) is 4.24. The molecule has 1 unspecified atom stereocenters. The van der Waals surface area contributed by atoms with Crippen LogP contribution in [0.2, 0.25) is 0 Å². The van der Waals surface area contributed by atoms with E-state index >= 15 is 0 Å². The normalized spacial score (nSPS) is 12.0. The molecular weight excluding hydrogens is 458 g/mol. The van der Waals surface area contributed by atoms with Crippen LogP contribution in [0.25, 0.3) is 11.1 Å². The summed E-state index contributed by atoms with van der Waals surface area (Å²) in [5.74, 6) is -0.430. The molecule has 0 aliphatic carbocycles. The van der Waals surface area contributed by atoms with Gasteiger partial charge in [-0.15, -0.1) is 0 Å². The smallest absolute Gasteiger partial charge is 0.267 e. The first-order chi connectivity index (χ1) is 17.3. The zero-order valence-electron chi connectivity index (χ0n) is 20.6. The van der Waals surface area contributed by atoms with Gasteiger partial charge in [0.25, 0.3) is 17.2 Å². The van der Waals surface area contributed by atoms with Gasteiger partial charge >= 0.3 is 0 Å². The lowest BCUT2D eigenvalue weighted by atomic mass is 10.0. The molecule has 2 aromatic carbocycles. The second kappa shape index (κ2) is 10.6. The van der Waals surface area contributed by atoms with E-state index in [2.05, 4.69) is 5.16 Å². The number of carbonyl (C=O) groups excluding carboxylic acids is 2. The minimum absolute atomic E-state index is 0.0271. The third-order valence-corrected chi connectivity index (χ3v) is 6.28. The number of benzene rings is 2. The molecule has 0 bridgehead atoms. The Hall–Kier alpha value is -4.27. The van der Waals surface area contributed by atoms with Crippen molar-refractivity contribution in [2.45, 2.75) is 46.2 Å². The van der Waals surface area contributed by atoms with Crippen molar-refractivity contribution in [2.75, 3.05) is 6.54 Å². The molecule has 0 saturated heterocycles. The quantitative estimate of drug-likeness (QED) is 0.385. The van der Waals surface area contributed by atoms with E-state index in [1.54, 1.807) is 28.5 Å². The average Bonchev–Trinajstić information content (AvgIpc) is 3.24. The molecule has 2 aromatic heterocycles. The Kier molecular flexibility index (Phi) is 7.28. The number of amides is 2. The molecule has 2 heterocycles. The van der Waals surface area contributed by atoms with E-state index in [9.17, 15) is 14.4 Å². The van der Waals surface area contributed by atoms with Gasteiger partial charge in [-0.05, 0) is 37.5 Å². The Morgan fingerprint density at radius 1 is 1.08 bits per heavy atom. The van der Waals surface area contributed by atoms with Crippen molar-refractivity contribution in [3.05, 3.63) is 93.2 Å². The molecule has 186 valence electrons. The topological polar surface area (TPSA) is 124 Å². The van der Waals surface area contributed by atoms with Gasteiger partial charge in [0.1, 0.15) is 11.2 Å². The predicted molar refractivity (Wildman–Crippen MR) is 135 cm³/mol. The van der Waals surface area contributed by atoms with E-state index in [-0.39, 0.29) is 36.7 Å². The fourth-order valence-electron chi connectivity index (χ4n) is 4.40. The van der Waals surface area contributed by atoms with Gasteiger partial charge in [-0.1, -0.05) is 60.6 Å². The molecule has 0 aliphatic heterocycles. The van der Waals surface area contributed by atoms with Gasteiger partial charge in [-0.2, -0.15) is 4.98 Å². The maximum absolute atomic E-state index is 13.8. The highest BCUT2D eigenvalue weighted by Crippen LogP contribution is 2.27. The molecule has 36 heavy (non-hydrogen) atoms. The van der Waals surface area contributed by atoms with Gasteiger partial charge in [-0.3, -0.25) is 19.0 Å². The van der Waals surface area contributed by atoms with Crippen molar-refractivity contribution in [2.24, 2.45) is 5.73 Å². The van der Waals surface area contributed by atoms with Crippen molar-refractivity contribution in [3.63, 3.8) is 0 Å². The van der Waals surface area contributed by atoms with Crippen LogP contribution in [0, 0.1) is 13.8 Å². The summed E-state index contributed by atoms with van der Waals surface area (Å²) < 4.78 is 6.93. The van der Waals surface area contributed by atoms with E-state index < -0.39 is 11.9 Å². The third kappa shape index (κ3) is 4.91. The van der Waals surface area contributed by atoms with E-state index in [1.807, 2.05) is 56.3 Å². The number of hydrogen-bond acceptors (Lipinski definition) is 6. The number of aryl methyl sites for hydroxylation is 2. The molecule has 9 heteroatoms. The fraction of sp³-hybridized carbons (Fsp3) is 0.296. The first-order valence-electron chi connectivity index (χ1n) is 11.9. The number of rotatable bonds is 9. The fourth-order valence-corrected chi connectivity index (χ4v) is 4.40. The van der Waals surface area contributed by atoms with Crippen LogP contribution in [0.3, 0.4) is 0 Å². The van der Waals surface area contributed by atoms with Crippen molar-refractivity contribution in [1.29, 1.82) is 0 Å². The van der Waals surface area contributed by atoms with Gasteiger partial charge in [-0.25, -0.2) is 0 Å². The van der Waals surface area contributed by atoms with Crippen molar-refractivity contribution >= 4 is 22.9 Å². The zero-order valence-corrected chi connectivity index (χ0v) is 20.6. The number of nitrogens with zero attached hydrogens (tertiary/aromatic N) is 4. The minimum atomic E-state index is -0.623. The third-order valence-electron chi connectivity index (χ3n) is 6.28. The summed E-state index contributed by atoms with van der Waals surface area (Å²) in [7, 11) is 0. The zero-order chi connectivity index (χ0) is 25.8. The maximum Gasteiger partial charge on any atom is 0.267 e. The number of aromatic nitrogens is 3.